The summed E-state index contributed by atoms with van der Waals surface area (Å²) in [6, 6.07) is 0. The molecular weight excluding hydrogens is 216 g/mol. The maximum Gasteiger partial charge on any atom is 0.335 e. The minimum Gasteiger partial charge on any atom is -0.479 e. The largest absolute Gasteiger partial charge is 0.479 e. The van der Waals surface area contributed by atoms with Gasteiger partial charge in [0, 0.05) is 0 Å². The molecule has 0 atom stereocenters. The molecule has 0 aromatic rings. The topological polar surface area (TPSA) is 46.5 Å². The Morgan fingerprint density at radius 2 is 2.12 bits per heavy atom. The van der Waals surface area contributed by atoms with Gasteiger partial charge in [0.1, 0.15) is 0 Å². The third-order valence-corrected chi connectivity index (χ3v) is 3.69. The molecule has 1 aliphatic rings. The van der Waals surface area contributed by atoms with Gasteiger partial charge in [-0.3, -0.25) is 0 Å². The highest BCUT2D eigenvalue weighted by Crippen LogP contribution is 2.37. The second-order valence-corrected chi connectivity index (χ2v) is 4.91. The van der Waals surface area contributed by atoms with Gasteiger partial charge in [0.15, 0.2) is 5.60 Å². The lowest BCUT2D eigenvalue weighted by Crippen LogP contribution is -2.44. The Balaban J connectivity index is 2.54. The van der Waals surface area contributed by atoms with Crippen molar-refractivity contribution >= 4 is 5.97 Å². The van der Waals surface area contributed by atoms with Gasteiger partial charge in [-0.2, -0.15) is 0 Å². The molecule has 3 heteroatoms. The Morgan fingerprint density at radius 3 is 2.59 bits per heavy atom. The minimum atomic E-state index is -0.927. The van der Waals surface area contributed by atoms with Crippen LogP contribution >= 0.6 is 0 Å². The first-order valence-corrected chi connectivity index (χ1v) is 6.63. The molecule has 1 saturated carbocycles. The van der Waals surface area contributed by atoms with Gasteiger partial charge in [0.05, 0.1) is 6.61 Å². The van der Waals surface area contributed by atoms with E-state index in [0.717, 1.165) is 12.8 Å². The van der Waals surface area contributed by atoms with Crippen molar-refractivity contribution in [3.63, 3.8) is 0 Å². The van der Waals surface area contributed by atoms with Crippen LogP contribution in [0.1, 0.15) is 52.4 Å². The highest BCUT2D eigenvalue weighted by atomic mass is 16.5. The van der Waals surface area contributed by atoms with Crippen LogP contribution in [0.25, 0.3) is 0 Å². The highest BCUT2D eigenvalue weighted by molar-refractivity contribution is 5.77. The maximum absolute atomic E-state index is 11.4. The van der Waals surface area contributed by atoms with E-state index >= 15 is 0 Å². The van der Waals surface area contributed by atoms with Crippen molar-refractivity contribution in [1.29, 1.82) is 0 Å². The number of allylic oxidation sites excluding steroid dienone is 1. The van der Waals surface area contributed by atoms with Gasteiger partial charge in [-0.05, 0) is 38.5 Å². The molecule has 98 valence electrons. The number of ether oxygens (including phenoxy) is 1. The van der Waals surface area contributed by atoms with Crippen molar-refractivity contribution in [3.05, 3.63) is 12.2 Å². The van der Waals surface area contributed by atoms with E-state index < -0.39 is 11.6 Å². The normalized spacial score (nSPS) is 29.6. The van der Waals surface area contributed by atoms with Crippen LogP contribution in [0.2, 0.25) is 0 Å². The summed E-state index contributed by atoms with van der Waals surface area (Å²) in [6.45, 7) is 4.50. The number of carboxylic acids is 1. The standard InChI is InChI=1S/C14H24O3/c1-3-5-11-17-14(13(15)16)9-7-12(6-4-2)8-10-14/h3,5,12H,4,6-11H2,1-2H3,(H,15,16). The summed E-state index contributed by atoms with van der Waals surface area (Å²) >= 11 is 0. The molecular formula is C14H24O3. The van der Waals surface area contributed by atoms with E-state index in [1.807, 2.05) is 19.1 Å². The second kappa shape index (κ2) is 6.80. The van der Waals surface area contributed by atoms with Crippen LogP contribution in [0.3, 0.4) is 0 Å². The molecule has 0 aromatic heterocycles. The number of aliphatic carboxylic acids is 1. The molecule has 1 aliphatic carbocycles. The van der Waals surface area contributed by atoms with Crippen LogP contribution in [0, 0.1) is 5.92 Å². The third-order valence-electron chi connectivity index (χ3n) is 3.69. The lowest BCUT2D eigenvalue weighted by Gasteiger charge is -2.36. The van der Waals surface area contributed by atoms with Gasteiger partial charge >= 0.3 is 5.97 Å². The first-order chi connectivity index (χ1) is 8.14. The molecule has 0 bridgehead atoms. The molecule has 1 N–H and O–H groups in total. The maximum atomic E-state index is 11.4. The first-order valence-electron chi connectivity index (χ1n) is 6.63. The van der Waals surface area contributed by atoms with E-state index in [4.69, 9.17) is 4.74 Å². The Bertz CT molecular complexity index is 263. The van der Waals surface area contributed by atoms with Crippen LogP contribution in [0.15, 0.2) is 12.2 Å². The predicted molar refractivity (Wildman–Crippen MR) is 68.0 cm³/mol. The van der Waals surface area contributed by atoms with Gasteiger partial charge in [-0.25, -0.2) is 4.79 Å². The Labute approximate surface area is 104 Å². The fraction of sp³-hybridized carbons (Fsp3) is 0.786. The average Bonchev–Trinajstić information content (AvgIpc) is 2.32. The fourth-order valence-electron chi connectivity index (χ4n) is 2.56. The monoisotopic (exact) mass is 240 g/mol. The number of hydrogen-bond donors (Lipinski definition) is 1. The molecule has 1 rings (SSSR count). The Morgan fingerprint density at radius 1 is 1.47 bits per heavy atom. The van der Waals surface area contributed by atoms with Gasteiger partial charge < -0.3 is 9.84 Å². The zero-order chi connectivity index (χ0) is 12.7. The quantitative estimate of drug-likeness (QED) is 0.724. The number of carboxylic acid groups (broad SMARTS) is 1. The second-order valence-electron chi connectivity index (χ2n) is 4.91. The summed E-state index contributed by atoms with van der Waals surface area (Å²) < 4.78 is 5.61. The van der Waals surface area contributed by atoms with Gasteiger partial charge in [0.25, 0.3) is 0 Å². The lowest BCUT2D eigenvalue weighted by atomic mass is 9.77. The van der Waals surface area contributed by atoms with Crippen LogP contribution in [-0.4, -0.2) is 23.3 Å². The third kappa shape index (κ3) is 3.84. The van der Waals surface area contributed by atoms with Crippen molar-refractivity contribution in [2.75, 3.05) is 6.61 Å². The van der Waals surface area contributed by atoms with E-state index in [1.165, 1.54) is 12.8 Å². The molecule has 0 spiro atoms. The van der Waals surface area contributed by atoms with Crippen molar-refractivity contribution in [2.24, 2.45) is 5.92 Å². The van der Waals surface area contributed by atoms with E-state index in [0.29, 0.717) is 25.4 Å². The van der Waals surface area contributed by atoms with Gasteiger partial charge in [-0.15, -0.1) is 0 Å². The van der Waals surface area contributed by atoms with Crippen molar-refractivity contribution in [2.45, 2.75) is 58.0 Å². The number of hydrogen-bond acceptors (Lipinski definition) is 2. The smallest absolute Gasteiger partial charge is 0.335 e. The highest BCUT2D eigenvalue weighted by Gasteiger charge is 2.42. The molecule has 0 aromatic carbocycles. The molecule has 0 saturated heterocycles. The van der Waals surface area contributed by atoms with E-state index in [9.17, 15) is 9.90 Å². The summed E-state index contributed by atoms with van der Waals surface area (Å²) in [5.41, 5.74) is -0.927. The van der Waals surface area contributed by atoms with Crippen molar-refractivity contribution in [3.8, 4) is 0 Å². The number of rotatable bonds is 6. The minimum absolute atomic E-state index is 0.404. The molecule has 17 heavy (non-hydrogen) atoms. The summed E-state index contributed by atoms with van der Waals surface area (Å²) in [6.07, 6.45) is 9.43. The van der Waals surface area contributed by atoms with Gasteiger partial charge in [-0.1, -0.05) is 31.9 Å². The zero-order valence-corrected chi connectivity index (χ0v) is 10.9. The summed E-state index contributed by atoms with van der Waals surface area (Å²) in [4.78, 5) is 11.4. The van der Waals surface area contributed by atoms with Crippen LogP contribution in [0.5, 0.6) is 0 Å². The molecule has 0 heterocycles. The fourth-order valence-corrected chi connectivity index (χ4v) is 2.56. The predicted octanol–water partition coefficient (Wildman–Crippen LogP) is 3.39. The van der Waals surface area contributed by atoms with E-state index in [-0.39, 0.29) is 0 Å². The molecule has 0 amide bonds. The van der Waals surface area contributed by atoms with Crippen LogP contribution < -0.4 is 0 Å². The van der Waals surface area contributed by atoms with E-state index in [2.05, 4.69) is 6.92 Å². The summed E-state index contributed by atoms with van der Waals surface area (Å²) in [5, 5.41) is 9.36. The number of carbonyl (C=O) groups is 1. The van der Waals surface area contributed by atoms with Crippen molar-refractivity contribution in [1.82, 2.24) is 0 Å². The first kappa shape index (κ1) is 14.2. The van der Waals surface area contributed by atoms with E-state index in [1.54, 1.807) is 0 Å². The van der Waals surface area contributed by atoms with Crippen LogP contribution in [0.4, 0.5) is 0 Å². The molecule has 3 nitrogen and oxygen atoms in total. The SMILES string of the molecule is CC=CCOC1(C(=O)O)CCC(CCC)CC1. The summed E-state index contributed by atoms with van der Waals surface area (Å²) in [7, 11) is 0. The van der Waals surface area contributed by atoms with Crippen molar-refractivity contribution < 1.29 is 14.6 Å². The molecule has 0 radical (unpaired) electrons. The van der Waals surface area contributed by atoms with Crippen LogP contribution in [-0.2, 0) is 9.53 Å². The zero-order valence-electron chi connectivity index (χ0n) is 10.9. The molecule has 0 aliphatic heterocycles. The average molecular weight is 240 g/mol. The summed E-state index contributed by atoms with van der Waals surface area (Å²) in [5.74, 6) is -0.102. The Kier molecular flexibility index (Phi) is 5.69. The Hall–Kier alpha value is -0.830. The molecule has 0 unspecified atom stereocenters. The lowest BCUT2D eigenvalue weighted by molar-refractivity contribution is -0.170. The van der Waals surface area contributed by atoms with Gasteiger partial charge in [0.2, 0.25) is 0 Å². The molecule has 1 fully saturated rings.